The van der Waals surface area contributed by atoms with Crippen LogP contribution >= 0.6 is 24.8 Å². The van der Waals surface area contributed by atoms with Crippen molar-refractivity contribution >= 4 is 31.8 Å². The molecule has 2 unspecified atom stereocenters. The first-order valence-corrected chi connectivity index (χ1v) is 26.1. The Bertz CT molecular complexity index is 542. The molecule has 0 aromatic heterocycles. The zero-order valence-electron chi connectivity index (χ0n) is 13.5. The van der Waals surface area contributed by atoms with Gasteiger partial charge in [-0.15, -0.1) is 24.8 Å². The van der Waals surface area contributed by atoms with Crippen molar-refractivity contribution in [1.29, 1.82) is 0 Å². The van der Waals surface area contributed by atoms with Crippen LogP contribution in [0.3, 0.4) is 0 Å². The van der Waals surface area contributed by atoms with Crippen molar-refractivity contribution in [3.63, 3.8) is 0 Å². The van der Waals surface area contributed by atoms with Crippen molar-refractivity contribution in [2.45, 2.75) is 37.1 Å². The smallest absolute Gasteiger partial charge is 0.147 e. The topological polar surface area (TPSA) is 0 Å². The third-order valence-electron chi connectivity index (χ3n) is 4.62. The Hall–Kier alpha value is 0.627. The summed E-state index contributed by atoms with van der Waals surface area (Å²) in [6.45, 7) is 11.6. The van der Waals surface area contributed by atoms with Gasteiger partial charge in [0, 0.05) is 0 Å². The molecule has 0 amide bonds. The summed E-state index contributed by atoms with van der Waals surface area (Å²) in [5, 5.41) is 0. The number of hydrogen-bond donors (Lipinski definition) is 0. The summed E-state index contributed by atoms with van der Waals surface area (Å²) in [7, 11) is 0. The molecule has 0 bridgehead atoms. The zero-order chi connectivity index (χ0) is 13.7. The quantitative estimate of drug-likeness (QED) is 0.464. The Morgan fingerprint density at radius 3 is 1.35 bits per heavy atom. The van der Waals surface area contributed by atoms with E-state index >= 15 is 0 Å². The van der Waals surface area contributed by atoms with Crippen LogP contribution in [0.1, 0.15) is 27.7 Å². The predicted octanol–water partition coefficient (Wildman–Crippen LogP) is 5.12. The van der Waals surface area contributed by atoms with Gasteiger partial charge >= 0.3 is 115 Å². The summed E-state index contributed by atoms with van der Waals surface area (Å²) < 4.78 is 8.81. The van der Waals surface area contributed by atoms with Gasteiger partial charge in [0.05, 0.1) is 0 Å². The number of halogens is 2. The van der Waals surface area contributed by atoms with Gasteiger partial charge in [-0.1, -0.05) is 0 Å². The van der Waals surface area contributed by atoms with Gasteiger partial charge in [-0.3, -0.25) is 0 Å². The van der Waals surface area contributed by atoms with Crippen molar-refractivity contribution < 1.29 is 17.1 Å². The molecule has 2 rings (SSSR count). The summed E-state index contributed by atoms with van der Waals surface area (Å²) in [6.07, 6.45) is 9.86. The monoisotopic (exact) mass is 498 g/mol. The fraction of sp³-hybridized carbons (Fsp3) is 0.500. The van der Waals surface area contributed by atoms with E-state index in [2.05, 4.69) is 68.3 Å². The third-order valence-corrected chi connectivity index (χ3v) is 28.9. The molecule has 0 aromatic rings. The fourth-order valence-electron chi connectivity index (χ4n) is 3.91. The normalized spacial score (nSPS) is 25.9. The molecule has 20 heavy (non-hydrogen) atoms. The molecule has 0 aliphatic heterocycles. The Morgan fingerprint density at radius 2 is 1.15 bits per heavy atom. The SMILES string of the molecule is CC1=CC(C)[C]([Hf]([CH3])([CH3])(=[SiH2])[C]2=CC(C)=CC2C)=C1.Cl.Cl. The molecule has 0 nitrogen and oxygen atoms in total. The maximum absolute atomic E-state index is 3.00. The zero-order valence-corrected chi connectivity index (χ0v) is 20.1. The second-order valence-corrected chi connectivity index (χ2v) is 48.1. The number of hydrogen-bond acceptors (Lipinski definition) is 0. The molecular weight excluding hydrogens is 470 g/mol. The van der Waals surface area contributed by atoms with Gasteiger partial charge in [0.2, 0.25) is 0 Å². The molecular formula is C16H28Cl2HfSi. The van der Waals surface area contributed by atoms with Crippen LogP contribution in [-0.2, 0) is 17.1 Å². The van der Waals surface area contributed by atoms with Crippen LogP contribution in [0, 0.1) is 11.8 Å². The standard InChI is InChI=1S/2C7H9.2CH3.2ClH.Hf.H2Si/c2*1-6-3-4-7(2)5-6;;;;;;/h2*3,5,7H,1-2H3;2*1H3;2*1H;;1H2. The molecule has 0 aromatic carbocycles. The average molecular weight is 498 g/mol. The van der Waals surface area contributed by atoms with Crippen molar-refractivity contribution in [2.24, 2.45) is 11.8 Å². The van der Waals surface area contributed by atoms with Crippen molar-refractivity contribution in [1.82, 2.24) is 0 Å². The van der Waals surface area contributed by atoms with Crippen molar-refractivity contribution in [3.05, 3.63) is 42.1 Å². The number of rotatable bonds is 2. The summed E-state index contributed by atoms with van der Waals surface area (Å²) in [6, 6.07) is 0. The molecule has 0 saturated carbocycles. The minimum absolute atomic E-state index is 0. The molecule has 0 saturated heterocycles. The van der Waals surface area contributed by atoms with Crippen molar-refractivity contribution in [2.75, 3.05) is 0 Å². The van der Waals surface area contributed by atoms with Crippen LogP contribution in [0.15, 0.2) is 42.1 Å². The summed E-state index contributed by atoms with van der Waals surface area (Å²) in [4.78, 5) is 0. The first kappa shape index (κ1) is 20.6. The van der Waals surface area contributed by atoms with Crippen molar-refractivity contribution in [3.8, 4) is 0 Å². The van der Waals surface area contributed by atoms with E-state index in [0.29, 0.717) is 11.8 Å². The van der Waals surface area contributed by atoms with Gasteiger partial charge in [-0.2, -0.15) is 0 Å². The van der Waals surface area contributed by atoms with Gasteiger partial charge in [-0.25, -0.2) is 0 Å². The van der Waals surface area contributed by atoms with Gasteiger partial charge in [0.15, 0.2) is 0 Å². The molecule has 114 valence electrons. The third kappa shape index (κ3) is 3.51. The van der Waals surface area contributed by atoms with E-state index in [9.17, 15) is 0 Å². The molecule has 0 radical (unpaired) electrons. The summed E-state index contributed by atoms with van der Waals surface area (Å²) in [5.74, 6) is 1.31. The fourth-order valence-corrected chi connectivity index (χ4v) is 28.1. The van der Waals surface area contributed by atoms with Gasteiger partial charge < -0.3 is 0 Å². The second kappa shape index (κ2) is 6.40. The summed E-state index contributed by atoms with van der Waals surface area (Å²) >= 11 is -3.00. The first-order valence-electron chi connectivity index (χ1n) is 6.98. The van der Waals surface area contributed by atoms with E-state index in [4.69, 9.17) is 0 Å². The Morgan fingerprint density at radius 1 is 0.850 bits per heavy atom. The Labute approximate surface area is 139 Å². The van der Waals surface area contributed by atoms with E-state index in [1.54, 1.807) is 6.66 Å². The van der Waals surface area contributed by atoms with Crippen LogP contribution in [-0.4, -0.2) is 6.94 Å². The minimum Gasteiger partial charge on any atom is -0.147 e. The van der Waals surface area contributed by atoms with Gasteiger partial charge in [-0.05, 0) is 0 Å². The predicted molar refractivity (Wildman–Crippen MR) is 96.8 cm³/mol. The second-order valence-electron chi connectivity index (χ2n) is 7.28. The van der Waals surface area contributed by atoms with Crippen LogP contribution < -0.4 is 0 Å². The molecule has 0 heterocycles. The van der Waals surface area contributed by atoms with Crippen LogP contribution in [0.2, 0.25) is 9.36 Å². The van der Waals surface area contributed by atoms with Gasteiger partial charge in [0.25, 0.3) is 0 Å². The largest absolute Gasteiger partial charge is 0.147 e. The van der Waals surface area contributed by atoms with E-state index < -0.39 is 17.1 Å². The Kier molecular flexibility index (Phi) is 6.60. The molecule has 2 aliphatic carbocycles. The van der Waals surface area contributed by atoms with Crippen LogP contribution in [0.4, 0.5) is 0 Å². The maximum Gasteiger partial charge on any atom is -0.147 e. The van der Waals surface area contributed by atoms with E-state index in [1.807, 2.05) is 0 Å². The van der Waals surface area contributed by atoms with Crippen LogP contribution in [0.25, 0.3) is 0 Å². The summed E-state index contributed by atoms with van der Waals surface area (Å²) in [5.41, 5.74) is 2.93. The molecule has 0 spiro atoms. The molecule has 4 heteroatoms. The van der Waals surface area contributed by atoms with Crippen LogP contribution in [0.5, 0.6) is 0 Å². The van der Waals surface area contributed by atoms with Gasteiger partial charge in [0.1, 0.15) is 0 Å². The van der Waals surface area contributed by atoms with E-state index in [-0.39, 0.29) is 24.8 Å². The molecule has 2 aliphatic rings. The molecule has 0 fully saturated rings. The number of allylic oxidation sites excluding steroid dienone is 8. The molecule has 2 atom stereocenters. The first-order chi connectivity index (χ1) is 8.10. The van der Waals surface area contributed by atoms with E-state index in [1.165, 1.54) is 11.1 Å². The molecule has 0 N–H and O–H groups in total. The van der Waals surface area contributed by atoms with E-state index in [0.717, 1.165) is 0 Å². The maximum atomic E-state index is 2.62. The Balaban J connectivity index is 0.00000180. The minimum atomic E-state index is -3.00. The average Bonchev–Trinajstić information content (AvgIpc) is 2.70.